The van der Waals surface area contributed by atoms with Crippen molar-refractivity contribution in [3.63, 3.8) is 0 Å². The molecule has 0 saturated heterocycles. The van der Waals surface area contributed by atoms with Crippen molar-refractivity contribution in [2.75, 3.05) is 5.32 Å². The van der Waals surface area contributed by atoms with Gasteiger partial charge in [0.15, 0.2) is 0 Å². The third kappa shape index (κ3) is 3.00. The van der Waals surface area contributed by atoms with E-state index >= 15 is 0 Å². The van der Waals surface area contributed by atoms with E-state index in [0.29, 0.717) is 11.3 Å². The van der Waals surface area contributed by atoms with Gasteiger partial charge in [-0.05, 0) is 24.3 Å². The first-order valence-electron chi connectivity index (χ1n) is 5.25. The van der Waals surface area contributed by atoms with Gasteiger partial charge in [-0.15, -0.1) is 0 Å². The number of nitrogens with zero attached hydrogens (tertiary/aromatic N) is 2. The average Bonchev–Trinajstić information content (AvgIpc) is 2.41. The number of hydrogen-bond acceptors (Lipinski definition) is 4. The van der Waals surface area contributed by atoms with Gasteiger partial charge in [-0.3, -0.25) is 9.78 Å². The van der Waals surface area contributed by atoms with Crippen molar-refractivity contribution in [1.82, 2.24) is 4.98 Å². The van der Waals surface area contributed by atoms with Crippen LogP contribution in [-0.4, -0.2) is 16.0 Å². The first-order chi connectivity index (χ1) is 9.10. The van der Waals surface area contributed by atoms with Crippen molar-refractivity contribution in [3.8, 4) is 11.8 Å². The number of aromatic nitrogens is 1. The van der Waals surface area contributed by atoms with E-state index < -0.39 is 5.91 Å². The Kier molecular flexibility index (Phi) is 3.64. The molecule has 94 valence electrons. The van der Waals surface area contributed by atoms with Gasteiger partial charge in [0.1, 0.15) is 5.75 Å². The second kappa shape index (κ2) is 5.38. The van der Waals surface area contributed by atoms with E-state index in [9.17, 15) is 9.90 Å². The van der Waals surface area contributed by atoms with Gasteiger partial charge in [-0.2, -0.15) is 5.26 Å². The Labute approximate surface area is 114 Å². The molecule has 0 fully saturated rings. The molecule has 1 aromatic carbocycles. The summed E-state index contributed by atoms with van der Waals surface area (Å²) in [4.78, 5) is 15.6. The number of carbonyl (C=O) groups is 1. The summed E-state index contributed by atoms with van der Waals surface area (Å²) < 4.78 is 0. The highest BCUT2D eigenvalue weighted by Crippen LogP contribution is 2.23. The quantitative estimate of drug-likeness (QED) is 0.880. The van der Waals surface area contributed by atoms with E-state index in [2.05, 4.69) is 10.3 Å². The van der Waals surface area contributed by atoms with Crippen molar-refractivity contribution < 1.29 is 9.90 Å². The number of nitrogens with one attached hydrogen (secondary N) is 1. The van der Waals surface area contributed by atoms with Crippen LogP contribution in [0.4, 0.5) is 5.69 Å². The number of anilines is 1. The Balaban J connectivity index is 2.22. The molecule has 19 heavy (non-hydrogen) atoms. The van der Waals surface area contributed by atoms with Crippen molar-refractivity contribution in [2.24, 2.45) is 0 Å². The normalized spacial score (nSPS) is 9.68. The van der Waals surface area contributed by atoms with Gasteiger partial charge in [-0.1, -0.05) is 11.6 Å². The van der Waals surface area contributed by atoms with E-state index in [1.54, 1.807) is 6.07 Å². The molecule has 0 unspecified atom stereocenters. The number of pyridine rings is 1. The first-order valence-corrected chi connectivity index (χ1v) is 5.63. The molecular formula is C13H8ClN3O2. The average molecular weight is 274 g/mol. The fourth-order valence-electron chi connectivity index (χ4n) is 1.43. The zero-order chi connectivity index (χ0) is 13.8. The number of aromatic hydroxyl groups is 1. The van der Waals surface area contributed by atoms with Gasteiger partial charge in [0.25, 0.3) is 5.91 Å². The largest absolute Gasteiger partial charge is 0.506 e. The summed E-state index contributed by atoms with van der Waals surface area (Å²) in [5.74, 6) is -0.548. The Morgan fingerprint density at radius 1 is 1.37 bits per heavy atom. The Hall–Kier alpha value is -2.58. The van der Waals surface area contributed by atoms with E-state index in [1.807, 2.05) is 6.07 Å². The predicted octanol–water partition coefficient (Wildman–Crippen LogP) is 2.56. The lowest BCUT2D eigenvalue weighted by Gasteiger charge is -2.07. The summed E-state index contributed by atoms with van der Waals surface area (Å²) in [5, 5.41) is 20.8. The van der Waals surface area contributed by atoms with Crippen LogP contribution in [0, 0.1) is 11.3 Å². The topological polar surface area (TPSA) is 86.0 Å². The van der Waals surface area contributed by atoms with Crippen LogP contribution in [0.15, 0.2) is 36.7 Å². The van der Waals surface area contributed by atoms with E-state index in [0.717, 1.165) is 0 Å². The van der Waals surface area contributed by atoms with Crippen molar-refractivity contribution in [2.45, 2.75) is 0 Å². The van der Waals surface area contributed by atoms with Gasteiger partial charge >= 0.3 is 0 Å². The minimum absolute atomic E-state index is 0.0985. The summed E-state index contributed by atoms with van der Waals surface area (Å²) in [6, 6.07) is 7.78. The number of halogens is 1. The van der Waals surface area contributed by atoms with Crippen LogP contribution in [0.5, 0.6) is 5.75 Å². The van der Waals surface area contributed by atoms with Crippen LogP contribution in [-0.2, 0) is 0 Å². The highest BCUT2D eigenvalue weighted by atomic mass is 35.5. The molecule has 2 N–H and O–H groups in total. The molecule has 0 aliphatic heterocycles. The summed E-state index contributed by atoms with van der Waals surface area (Å²) in [6.45, 7) is 0. The SMILES string of the molecule is N#Cc1ccc(NC(=O)c2cncc(O)c2)c(Cl)c1. The highest BCUT2D eigenvalue weighted by Gasteiger charge is 2.10. The molecule has 5 nitrogen and oxygen atoms in total. The lowest BCUT2D eigenvalue weighted by atomic mass is 10.2. The van der Waals surface area contributed by atoms with Crippen LogP contribution in [0.25, 0.3) is 0 Å². The molecule has 2 aromatic rings. The molecule has 0 radical (unpaired) electrons. The monoisotopic (exact) mass is 273 g/mol. The minimum atomic E-state index is -0.449. The molecule has 0 aliphatic carbocycles. The smallest absolute Gasteiger partial charge is 0.257 e. The number of hydrogen-bond donors (Lipinski definition) is 2. The lowest BCUT2D eigenvalue weighted by Crippen LogP contribution is -2.12. The molecule has 2 rings (SSSR count). The zero-order valence-electron chi connectivity index (χ0n) is 9.59. The molecule has 1 heterocycles. The Morgan fingerprint density at radius 3 is 2.79 bits per heavy atom. The number of nitriles is 1. The maximum Gasteiger partial charge on any atom is 0.257 e. The second-order valence-electron chi connectivity index (χ2n) is 3.69. The van der Waals surface area contributed by atoms with Crippen LogP contribution in [0.3, 0.4) is 0 Å². The predicted molar refractivity (Wildman–Crippen MR) is 70.0 cm³/mol. The van der Waals surface area contributed by atoms with Gasteiger partial charge in [0, 0.05) is 6.20 Å². The maximum atomic E-state index is 11.9. The summed E-state index contributed by atoms with van der Waals surface area (Å²) in [5.41, 5.74) is 0.997. The van der Waals surface area contributed by atoms with E-state index in [4.69, 9.17) is 16.9 Å². The summed E-state index contributed by atoms with van der Waals surface area (Å²) in [6.07, 6.45) is 2.55. The van der Waals surface area contributed by atoms with E-state index in [1.165, 1.54) is 30.6 Å². The first kappa shape index (κ1) is 12.9. The maximum absolute atomic E-state index is 11.9. The van der Waals surface area contributed by atoms with Gasteiger partial charge in [-0.25, -0.2) is 0 Å². The molecule has 0 bridgehead atoms. The summed E-state index contributed by atoms with van der Waals surface area (Å²) >= 11 is 5.94. The number of carbonyl (C=O) groups excluding carboxylic acids is 1. The van der Waals surface area contributed by atoms with Crippen molar-refractivity contribution in [1.29, 1.82) is 5.26 Å². The number of amides is 1. The molecule has 0 aliphatic rings. The zero-order valence-corrected chi connectivity index (χ0v) is 10.3. The minimum Gasteiger partial charge on any atom is -0.506 e. The standard InChI is InChI=1S/C13H8ClN3O2/c14-11-3-8(5-15)1-2-12(11)17-13(19)9-4-10(18)7-16-6-9/h1-4,6-7,18H,(H,17,19). The molecule has 1 aromatic heterocycles. The molecule has 0 spiro atoms. The van der Waals surface area contributed by atoms with Gasteiger partial charge in [0.05, 0.1) is 34.1 Å². The molecule has 0 saturated carbocycles. The third-order valence-corrected chi connectivity index (χ3v) is 2.65. The van der Waals surface area contributed by atoms with Gasteiger partial charge in [0.2, 0.25) is 0 Å². The van der Waals surface area contributed by atoms with Gasteiger partial charge < -0.3 is 10.4 Å². The summed E-state index contributed by atoms with van der Waals surface area (Å²) in [7, 11) is 0. The fraction of sp³-hybridized carbons (Fsp3) is 0. The van der Waals surface area contributed by atoms with Crippen LogP contribution < -0.4 is 5.32 Å². The molecule has 0 atom stereocenters. The van der Waals surface area contributed by atoms with Crippen LogP contribution in [0.2, 0.25) is 5.02 Å². The molecular weight excluding hydrogens is 266 g/mol. The second-order valence-corrected chi connectivity index (χ2v) is 4.10. The fourth-order valence-corrected chi connectivity index (χ4v) is 1.66. The highest BCUT2D eigenvalue weighted by molar-refractivity contribution is 6.34. The number of rotatable bonds is 2. The van der Waals surface area contributed by atoms with Crippen LogP contribution >= 0.6 is 11.6 Å². The lowest BCUT2D eigenvalue weighted by molar-refractivity contribution is 0.102. The van der Waals surface area contributed by atoms with E-state index in [-0.39, 0.29) is 16.3 Å². The Morgan fingerprint density at radius 2 is 2.16 bits per heavy atom. The molecule has 6 heteroatoms. The third-order valence-electron chi connectivity index (χ3n) is 2.33. The number of benzene rings is 1. The molecule has 1 amide bonds. The Bertz CT molecular complexity index is 680. The van der Waals surface area contributed by atoms with Crippen LogP contribution in [0.1, 0.15) is 15.9 Å². The van der Waals surface area contributed by atoms with Crippen molar-refractivity contribution in [3.05, 3.63) is 52.8 Å². The van der Waals surface area contributed by atoms with Crippen molar-refractivity contribution >= 4 is 23.2 Å².